The van der Waals surface area contributed by atoms with Crippen LogP contribution in [0.2, 0.25) is 0 Å². The van der Waals surface area contributed by atoms with Gasteiger partial charge in [-0.05, 0) is 57.1 Å². The van der Waals surface area contributed by atoms with E-state index in [0.29, 0.717) is 24.8 Å². The van der Waals surface area contributed by atoms with Crippen molar-refractivity contribution in [2.45, 2.75) is 92.4 Å². The maximum absolute atomic E-state index is 17.6. The minimum Gasteiger partial charge on any atom is -0.463 e. The SMILES string of the molecule is CCCCOC(=O)[C@@]1(OC(=O)C(Cl)Cl)[C@H](OC(=O)C(Cl)Cl)C[C@H]2[C@@H]3CCC4=CC(=O)C=C[C@]4(C)[C@@]3(F)[C@@H](O)C[C@@]21C. The fourth-order valence-corrected chi connectivity index (χ4v) is 7.91. The highest BCUT2D eigenvalue weighted by Crippen LogP contribution is 2.70. The molecule has 8 atom stereocenters. The first-order valence-corrected chi connectivity index (χ1v) is 15.3. The predicted molar refractivity (Wildman–Crippen MR) is 149 cm³/mol. The second-order valence-corrected chi connectivity index (χ2v) is 13.9. The Balaban J connectivity index is 1.89. The highest BCUT2D eigenvalue weighted by atomic mass is 35.5. The van der Waals surface area contributed by atoms with Crippen LogP contribution in [0.4, 0.5) is 4.39 Å². The lowest BCUT2D eigenvalue weighted by Gasteiger charge is -2.62. The van der Waals surface area contributed by atoms with Crippen LogP contribution in [0, 0.1) is 22.7 Å². The first-order valence-electron chi connectivity index (χ1n) is 13.6. The molecule has 3 saturated carbocycles. The van der Waals surface area contributed by atoms with Crippen LogP contribution in [0.3, 0.4) is 0 Å². The lowest BCUT2D eigenvalue weighted by atomic mass is 9.45. The van der Waals surface area contributed by atoms with Gasteiger partial charge >= 0.3 is 17.9 Å². The summed E-state index contributed by atoms with van der Waals surface area (Å²) >= 11 is 23.2. The van der Waals surface area contributed by atoms with Crippen LogP contribution in [-0.2, 0) is 33.4 Å². The van der Waals surface area contributed by atoms with Gasteiger partial charge in [0.25, 0.3) is 5.60 Å². The molecule has 228 valence electrons. The summed E-state index contributed by atoms with van der Waals surface area (Å²) in [6, 6.07) is 0. The number of fused-ring (bicyclic) bond motifs is 5. The Bertz CT molecular complexity index is 1180. The largest absolute Gasteiger partial charge is 0.463 e. The Labute approximate surface area is 257 Å². The van der Waals surface area contributed by atoms with Crippen molar-refractivity contribution in [3.63, 3.8) is 0 Å². The Morgan fingerprint density at radius 1 is 1.12 bits per heavy atom. The molecule has 0 aromatic rings. The molecular weight excluding hydrogens is 625 g/mol. The number of esters is 3. The summed E-state index contributed by atoms with van der Waals surface area (Å²) in [7, 11) is 0. The monoisotopic (exact) mass is 656 g/mol. The highest BCUT2D eigenvalue weighted by Gasteiger charge is 2.80. The number of carbonyl (C=O) groups is 4. The lowest BCUT2D eigenvalue weighted by molar-refractivity contribution is -0.241. The number of ketones is 1. The first-order chi connectivity index (χ1) is 19.1. The number of aliphatic hydroxyl groups is 1. The van der Waals surface area contributed by atoms with Gasteiger partial charge in [0.05, 0.1) is 12.7 Å². The zero-order chi connectivity index (χ0) is 30.5. The van der Waals surface area contributed by atoms with Crippen molar-refractivity contribution < 1.29 is 42.9 Å². The molecule has 0 amide bonds. The summed E-state index contributed by atoms with van der Waals surface area (Å²) in [5.41, 5.74) is -6.92. The zero-order valence-electron chi connectivity index (χ0n) is 22.8. The van der Waals surface area contributed by atoms with E-state index in [1.54, 1.807) is 13.8 Å². The third-order valence-electron chi connectivity index (χ3n) is 9.71. The van der Waals surface area contributed by atoms with Crippen molar-refractivity contribution in [1.29, 1.82) is 0 Å². The number of alkyl halides is 5. The predicted octanol–water partition coefficient (Wildman–Crippen LogP) is 5.11. The summed E-state index contributed by atoms with van der Waals surface area (Å²) in [5, 5.41) is 11.7. The van der Waals surface area contributed by atoms with Gasteiger partial charge < -0.3 is 19.3 Å². The molecule has 4 rings (SSSR count). The van der Waals surface area contributed by atoms with E-state index in [0.717, 1.165) is 0 Å². The second kappa shape index (κ2) is 11.6. The number of ether oxygens (including phenoxy) is 3. The maximum atomic E-state index is 17.6. The van der Waals surface area contributed by atoms with Crippen LogP contribution in [-0.4, -0.2) is 68.6 Å². The lowest BCUT2D eigenvalue weighted by Crippen LogP contribution is -2.70. The van der Waals surface area contributed by atoms with E-state index in [1.165, 1.54) is 18.2 Å². The molecular formula is C28H33Cl4FO8. The van der Waals surface area contributed by atoms with Gasteiger partial charge in [-0.1, -0.05) is 78.3 Å². The van der Waals surface area contributed by atoms with Gasteiger partial charge in [-0.25, -0.2) is 18.8 Å². The van der Waals surface area contributed by atoms with Crippen LogP contribution in [0.5, 0.6) is 0 Å². The molecule has 0 radical (unpaired) electrons. The smallest absolute Gasteiger partial charge is 0.355 e. The van der Waals surface area contributed by atoms with Crippen LogP contribution in [0.1, 0.15) is 59.3 Å². The molecule has 0 aromatic carbocycles. The Hall–Kier alpha value is -1.39. The van der Waals surface area contributed by atoms with Gasteiger partial charge in [-0.3, -0.25) is 4.79 Å². The number of hydrogen-bond donors (Lipinski definition) is 1. The molecule has 0 unspecified atom stereocenters. The quantitative estimate of drug-likeness (QED) is 0.166. The summed E-state index contributed by atoms with van der Waals surface area (Å²) in [5.74, 6) is -5.32. The Morgan fingerprint density at radius 3 is 2.39 bits per heavy atom. The van der Waals surface area contributed by atoms with E-state index in [4.69, 9.17) is 60.6 Å². The molecule has 0 aromatic heterocycles. The zero-order valence-corrected chi connectivity index (χ0v) is 25.9. The topological polar surface area (TPSA) is 116 Å². The van der Waals surface area contributed by atoms with Crippen LogP contribution >= 0.6 is 46.4 Å². The normalized spacial score (nSPS) is 39.5. The van der Waals surface area contributed by atoms with Crippen molar-refractivity contribution in [3.05, 3.63) is 23.8 Å². The summed E-state index contributed by atoms with van der Waals surface area (Å²) in [4.78, 5) is 48.4. The fourth-order valence-electron chi connectivity index (χ4n) is 7.72. The molecule has 0 heterocycles. The number of aliphatic hydroxyl groups excluding tert-OH is 1. The van der Waals surface area contributed by atoms with E-state index >= 15 is 4.39 Å². The molecule has 0 spiro atoms. The van der Waals surface area contributed by atoms with Gasteiger partial charge in [0.1, 0.15) is 0 Å². The molecule has 0 aliphatic heterocycles. The average Bonchev–Trinajstić information content (AvgIpc) is 3.13. The minimum atomic E-state index is -2.36. The molecule has 41 heavy (non-hydrogen) atoms. The molecule has 4 aliphatic rings. The van der Waals surface area contributed by atoms with Crippen molar-refractivity contribution in [1.82, 2.24) is 0 Å². The first kappa shape index (κ1) is 32.5. The Morgan fingerprint density at radius 2 is 1.78 bits per heavy atom. The molecule has 8 nitrogen and oxygen atoms in total. The molecule has 13 heteroatoms. The number of carbonyl (C=O) groups excluding carboxylic acids is 4. The van der Waals surface area contributed by atoms with E-state index in [-0.39, 0.29) is 31.7 Å². The molecule has 3 fully saturated rings. The number of rotatable bonds is 8. The van der Waals surface area contributed by atoms with Crippen molar-refractivity contribution >= 4 is 70.1 Å². The third kappa shape index (κ3) is 4.91. The standard InChI is InChI=1S/C28H33Cl4FO8/c1-4-5-10-39-24(38)28(41-23(37)21(31)32)19(40-22(36)20(29)30)12-17-16-7-6-14-11-15(34)8-9-25(14,2)27(16,33)18(35)13-26(17,28)3/h8-9,11,16-21,35H,4-7,10,12-13H2,1-3H3/t16-,17-,18-,19+,25-,26-,27-,28-/m0/s1. The molecule has 0 bridgehead atoms. The van der Waals surface area contributed by atoms with E-state index in [2.05, 4.69) is 0 Å². The summed E-state index contributed by atoms with van der Waals surface area (Å²) in [6.07, 6.45) is 2.14. The van der Waals surface area contributed by atoms with Gasteiger partial charge in [0, 0.05) is 16.7 Å². The van der Waals surface area contributed by atoms with Gasteiger partial charge in [-0.2, -0.15) is 0 Å². The van der Waals surface area contributed by atoms with E-state index < -0.39 is 73.7 Å². The van der Waals surface area contributed by atoms with Crippen LogP contribution in [0.25, 0.3) is 0 Å². The van der Waals surface area contributed by atoms with Gasteiger partial charge in [0.2, 0.25) is 9.67 Å². The molecule has 4 aliphatic carbocycles. The summed E-state index contributed by atoms with van der Waals surface area (Å²) < 4.78 is 34.6. The van der Waals surface area contributed by atoms with Crippen LogP contribution in [0.15, 0.2) is 23.8 Å². The molecule has 0 saturated heterocycles. The highest BCUT2D eigenvalue weighted by molar-refractivity contribution is 6.53. The number of unbranched alkanes of at least 4 members (excludes halogenated alkanes) is 1. The van der Waals surface area contributed by atoms with Gasteiger partial charge in [-0.15, -0.1) is 0 Å². The number of halogens is 5. The van der Waals surface area contributed by atoms with Gasteiger partial charge in [0.15, 0.2) is 17.6 Å². The van der Waals surface area contributed by atoms with Crippen LogP contribution < -0.4 is 0 Å². The minimum absolute atomic E-state index is 0.0427. The van der Waals surface area contributed by atoms with Crippen molar-refractivity contribution in [2.24, 2.45) is 22.7 Å². The Kier molecular flexibility index (Phi) is 9.20. The fraction of sp³-hybridized carbons (Fsp3) is 0.714. The second-order valence-electron chi connectivity index (χ2n) is 11.7. The third-order valence-corrected chi connectivity index (χ3v) is 10.4. The average molecular weight is 658 g/mol. The van der Waals surface area contributed by atoms with E-state index in [1.807, 2.05) is 6.92 Å². The maximum Gasteiger partial charge on any atom is 0.355 e. The van der Waals surface area contributed by atoms with Crippen molar-refractivity contribution in [2.75, 3.05) is 6.61 Å². The number of hydrogen-bond acceptors (Lipinski definition) is 8. The molecule has 1 N–H and O–H groups in total. The van der Waals surface area contributed by atoms with Crippen molar-refractivity contribution in [3.8, 4) is 0 Å². The van der Waals surface area contributed by atoms with E-state index in [9.17, 15) is 24.3 Å². The number of allylic oxidation sites excluding steroid dienone is 4. The summed E-state index contributed by atoms with van der Waals surface area (Å²) in [6.45, 7) is 5.05.